The Labute approximate surface area is 180 Å². The second-order valence-electron chi connectivity index (χ2n) is 7.66. The number of urea groups is 1. The van der Waals surface area contributed by atoms with E-state index >= 15 is 0 Å². The lowest BCUT2D eigenvalue weighted by Gasteiger charge is -2.22. The zero-order valence-electron chi connectivity index (χ0n) is 17.4. The molecule has 0 spiro atoms. The van der Waals surface area contributed by atoms with Crippen LogP contribution in [0.25, 0.3) is 0 Å². The van der Waals surface area contributed by atoms with E-state index in [0.29, 0.717) is 16.8 Å². The monoisotopic (exact) mass is 444 g/mol. The Bertz CT molecular complexity index is 1130. The van der Waals surface area contributed by atoms with E-state index < -0.39 is 40.0 Å². The van der Waals surface area contributed by atoms with Crippen molar-refractivity contribution in [3.63, 3.8) is 0 Å². The van der Waals surface area contributed by atoms with Gasteiger partial charge in [-0.1, -0.05) is 42.0 Å². The SMILES string of the molecule is Cc1ccc(C2(C)NC(=O)N(CC(=O)NCc3cccc(NS(C)(=O)=O)c3)C2=O)cc1. The summed E-state index contributed by atoms with van der Waals surface area (Å²) >= 11 is 0. The lowest BCUT2D eigenvalue weighted by molar-refractivity contribution is -0.134. The molecule has 0 aromatic heterocycles. The van der Waals surface area contributed by atoms with Crippen LogP contribution in [-0.4, -0.2) is 44.0 Å². The molecule has 0 radical (unpaired) electrons. The minimum Gasteiger partial charge on any atom is -0.350 e. The summed E-state index contributed by atoms with van der Waals surface area (Å²) in [6.07, 6.45) is 1.05. The first kappa shape index (κ1) is 22.3. The molecule has 1 aliphatic heterocycles. The van der Waals surface area contributed by atoms with Crippen LogP contribution in [0.3, 0.4) is 0 Å². The second-order valence-corrected chi connectivity index (χ2v) is 9.41. The average Bonchev–Trinajstić information content (AvgIpc) is 2.90. The summed E-state index contributed by atoms with van der Waals surface area (Å²) in [6, 6.07) is 13.2. The highest BCUT2D eigenvalue weighted by Gasteiger charge is 2.49. The molecule has 31 heavy (non-hydrogen) atoms. The van der Waals surface area contributed by atoms with Crippen molar-refractivity contribution in [3.8, 4) is 0 Å². The third-order valence-electron chi connectivity index (χ3n) is 4.93. The van der Waals surface area contributed by atoms with Crippen molar-refractivity contribution in [1.82, 2.24) is 15.5 Å². The van der Waals surface area contributed by atoms with E-state index in [1.54, 1.807) is 43.3 Å². The summed E-state index contributed by atoms with van der Waals surface area (Å²) in [6.45, 7) is 3.21. The van der Waals surface area contributed by atoms with E-state index in [9.17, 15) is 22.8 Å². The first-order chi connectivity index (χ1) is 14.5. The van der Waals surface area contributed by atoms with Crippen LogP contribution in [0.1, 0.15) is 23.6 Å². The molecular weight excluding hydrogens is 420 g/mol. The highest BCUT2D eigenvalue weighted by molar-refractivity contribution is 7.92. The number of rotatable bonds is 7. The van der Waals surface area contributed by atoms with Gasteiger partial charge in [0, 0.05) is 12.2 Å². The Morgan fingerprint density at radius 2 is 1.81 bits per heavy atom. The molecule has 10 heteroatoms. The van der Waals surface area contributed by atoms with Gasteiger partial charge in [-0.05, 0) is 37.1 Å². The van der Waals surface area contributed by atoms with E-state index in [1.807, 2.05) is 19.1 Å². The Morgan fingerprint density at radius 1 is 1.13 bits per heavy atom. The Kier molecular flexibility index (Phi) is 6.03. The second kappa shape index (κ2) is 8.38. The largest absolute Gasteiger partial charge is 0.350 e. The van der Waals surface area contributed by atoms with E-state index in [-0.39, 0.29) is 6.54 Å². The molecule has 2 aromatic carbocycles. The molecule has 4 amide bonds. The standard InChI is InChI=1S/C21H24N4O5S/c1-14-7-9-16(10-8-14)21(2)19(27)25(20(28)23-21)13-18(26)22-12-15-5-4-6-17(11-15)24-31(3,29)30/h4-11,24H,12-13H2,1-3H3,(H,22,26)(H,23,28). The predicted molar refractivity (Wildman–Crippen MR) is 116 cm³/mol. The number of benzene rings is 2. The van der Waals surface area contributed by atoms with Gasteiger partial charge in [-0.15, -0.1) is 0 Å². The molecule has 2 aromatic rings. The molecule has 0 saturated carbocycles. The van der Waals surface area contributed by atoms with Crippen LogP contribution in [0.5, 0.6) is 0 Å². The minimum absolute atomic E-state index is 0.108. The topological polar surface area (TPSA) is 125 Å². The molecule has 1 unspecified atom stereocenters. The van der Waals surface area contributed by atoms with Crippen LogP contribution in [-0.2, 0) is 31.7 Å². The fourth-order valence-corrected chi connectivity index (χ4v) is 3.84. The van der Waals surface area contributed by atoms with Gasteiger partial charge in [0.05, 0.1) is 6.26 Å². The van der Waals surface area contributed by atoms with Gasteiger partial charge in [0.1, 0.15) is 12.1 Å². The third kappa shape index (κ3) is 5.21. The van der Waals surface area contributed by atoms with Gasteiger partial charge in [-0.3, -0.25) is 19.2 Å². The van der Waals surface area contributed by atoms with Crippen LogP contribution in [0.2, 0.25) is 0 Å². The molecular formula is C21H24N4O5S. The van der Waals surface area contributed by atoms with Crippen molar-refractivity contribution in [2.24, 2.45) is 0 Å². The third-order valence-corrected chi connectivity index (χ3v) is 5.53. The zero-order valence-corrected chi connectivity index (χ0v) is 18.2. The maximum atomic E-state index is 12.9. The molecule has 1 heterocycles. The van der Waals surface area contributed by atoms with Crippen molar-refractivity contribution in [2.75, 3.05) is 17.5 Å². The average molecular weight is 445 g/mol. The number of anilines is 1. The van der Waals surface area contributed by atoms with E-state index in [1.165, 1.54) is 0 Å². The number of amides is 4. The molecule has 1 fully saturated rings. The summed E-state index contributed by atoms with van der Waals surface area (Å²) in [7, 11) is -3.42. The Balaban J connectivity index is 1.63. The summed E-state index contributed by atoms with van der Waals surface area (Å²) in [4.78, 5) is 38.5. The van der Waals surface area contributed by atoms with Crippen molar-refractivity contribution in [3.05, 3.63) is 65.2 Å². The van der Waals surface area contributed by atoms with Crippen molar-refractivity contribution < 1.29 is 22.8 Å². The number of hydrogen-bond donors (Lipinski definition) is 3. The maximum Gasteiger partial charge on any atom is 0.325 e. The zero-order chi connectivity index (χ0) is 22.8. The van der Waals surface area contributed by atoms with Crippen LogP contribution in [0.4, 0.5) is 10.5 Å². The molecule has 0 aliphatic carbocycles. The first-order valence-electron chi connectivity index (χ1n) is 9.52. The van der Waals surface area contributed by atoms with Gasteiger partial charge in [0.15, 0.2) is 0 Å². The van der Waals surface area contributed by atoms with Crippen LogP contribution in [0, 0.1) is 6.92 Å². The fourth-order valence-electron chi connectivity index (χ4n) is 3.28. The fraction of sp³-hybridized carbons (Fsp3) is 0.286. The van der Waals surface area contributed by atoms with Crippen LogP contribution in [0.15, 0.2) is 48.5 Å². The Hall–Kier alpha value is -3.40. The van der Waals surface area contributed by atoms with E-state index in [4.69, 9.17) is 0 Å². The Morgan fingerprint density at radius 3 is 2.45 bits per heavy atom. The van der Waals surface area contributed by atoms with Crippen molar-refractivity contribution >= 4 is 33.6 Å². The highest BCUT2D eigenvalue weighted by Crippen LogP contribution is 2.28. The van der Waals surface area contributed by atoms with Gasteiger partial charge in [0.25, 0.3) is 5.91 Å². The minimum atomic E-state index is -3.42. The molecule has 3 N–H and O–H groups in total. The van der Waals surface area contributed by atoms with Gasteiger partial charge < -0.3 is 10.6 Å². The van der Waals surface area contributed by atoms with Crippen LogP contribution >= 0.6 is 0 Å². The van der Waals surface area contributed by atoms with Gasteiger partial charge >= 0.3 is 6.03 Å². The molecule has 1 atom stereocenters. The molecule has 1 aliphatic rings. The number of hydrogen-bond acceptors (Lipinski definition) is 5. The van der Waals surface area contributed by atoms with E-state index in [0.717, 1.165) is 16.7 Å². The number of imide groups is 1. The van der Waals surface area contributed by atoms with Crippen molar-refractivity contribution in [2.45, 2.75) is 25.9 Å². The number of nitrogens with one attached hydrogen (secondary N) is 3. The lowest BCUT2D eigenvalue weighted by Crippen LogP contribution is -2.43. The molecule has 1 saturated heterocycles. The number of sulfonamides is 1. The summed E-state index contributed by atoms with van der Waals surface area (Å²) in [5.74, 6) is -1.02. The molecule has 3 rings (SSSR count). The molecule has 9 nitrogen and oxygen atoms in total. The maximum absolute atomic E-state index is 12.9. The van der Waals surface area contributed by atoms with Crippen molar-refractivity contribution in [1.29, 1.82) is 0 Å². The van der Waals surface area contributed by atoms with Gasteiger partial charge in [-0.2, -0.15) is 0 Å². The highest BCUT2D eigenvalue weighted by atomic mass is 32.2. The number of aryl methyl sites for hydroxylation is 1. The summed E-state index contributed by atoms with van der Waals surface area (Å²) < 4.78 is 25.1. The number of nitrogens with zero attached hydrogens (tertiary/aromatic N) is 1. The molecule has 0 bridgehead atoms. The van der Waals surface area contributed by atoms with Gasteiger partial charge in [-0.25, -0.2) is 13.2 Å². The smallest absolute Gasteiger partial charge is 0.325 e. The van der Waals surface area contributed by atoms with Gasteiger partial charge in [0.2, 0.25) is 15.9 Å². The van der Waals surface area contributed by atoms with Crippen LogP contribution < -0.4 is 15.4 Å². The summed E-state index contributed by atoms with van der Waals surface area (Å²) in [5.41, 5.74) is 1.45. The first-order valence-corrected chi connectivity index (χ1v) is 11.4. The lowest BCUT2D eigenvalue weighted by atomic mass is 9.91. The number of carbonyl (C=O) groups excluding carboxylic acids is 3. The predicted octanol–water partition coefficient (Wildman–Crippen LogP) is 1.45. The summed E-state index contributed by atoms with van der Waals surface area (Å²) in [5, 5.41) is 5.31. The number of carbonyl (C=O) groups is 3. The quantitative estimate of drug-likeness (QED) is 0.558. The van der Waals surface area contributed by atoms with E-state index in [2.05, 4.69) is 15.4 Å². The normalized spacial score (nSPS) is 18.6. The molecule has 164 valence electrons.